The van der Waals surface area contributed by atoms with Crippen LogP contribution in [-0.4, -0.2) is 34.8 Å². The molecule has 0 N–H and O–H groups in total. The molecule has 16 heavy (non-hydrogen) atoms. The fraction of sp³-hybridized carbons (Fsp3) is 0.462. The summed E-state index contributed by atoms with van der Waals surface area (Å²) in [6.45, 7) is 2.88. The monoisotopic (exact) mass is 233 g/mol. The molecule has 2 saturated heterocycles. The summed E-state index contributed by atoms with van der Waals surface area (Å²) in [5.41, 5.74) is 1.35. The van der Waals surface area contributed by atoms with Crippen LogP contribution >= 0.6 is 11.8 Å². The summed E-state index contributed by atoms with van der Waals surface area (Å²) >= 11 is 1.84. The molecule has 2 unspecified atom stereocenters. The Bertz CT molecular complexity index is 376. The van der Waals surface area contributed by atoms with Crippen molar-refractivity contribution in [3.05, 3.63) is 35.9 Å². The summed E-state index contributed by atoms with van der Waals surface area (Å²) in [5.74, 6) is 1.83. The SMILES string of the molecule is O=C1C2CSC1CN(Cc1ccccc1)C2. The number of hydrogen-bond donors (Lipinski definition) is 0. The standard InChI is InChI=1S/C13H15NOS/c15-13-11-7-14(8-12(13)16-9-11)6-10-4-2-1-3-5-10/h1-5,11-12H,6-9H2. The third kappa shape index (κ3) is 1.89. The van der Waals surface area contributed by atoms with E-state index in [0.717, 1.165) is 25.4 Å². The molecule has 1 aromatic carbocycles. The smallest absolute Gasteiger partial charge is 0.152 e. The van der Waals surface area contributed by atoms with Crippen LogP contribution in [0.3, 0.4) is 0 Å². The highest BCUT2D eigenvalue weighted by Gasteiger charge is 2.40. The van der Waals surface area contributed by atoms with E-state index < -0.39 is 0 Å². The Labute approximate surface area is 100 Å². The number of rotatable bonds is 2. The number of likely N-dealkylation sites (tertiary alicyclic amines) is 1. The largest absolute Gasteiger partial charge is 0.298 e. The average molecular weight is 233 g/mol. The van der Waals surface area contributed by atoms with Crippen molar-refractivity contribution in [1.82, 2.24) is 4.90 Å². The minimum atomic E-state index is 0.252. The summed E-state index contributed by atoms with van der Waals surface area (Å²) in [6.07, 6.45) is 0. The predicted octanol–water partition coefficient (Wildman–Crippen LogP) is 1.80. The first-order chi connectivity index (χ1) is 7.83. The normalized spacial score (nSPS) is 29.6. The molecular weight excluding hydrogens is 218 g/mol. The van der Waals surface area contributed by atoms with Crippen molar-refractivity contribution >= 4 is 17.5 Å². The van der Waals surface area contributed by atoms with Crippen molar-refractivity contribution in [2.75, 3.05) is 18.8 Å². The molecule has 2 atom stereocenters. The lowest BCUT2D eigenvalue weighted by Gasteiger charge is -2.30. The Kier molecular flexibility index (Phi) is 2.74. The van der Waals surface area contributed by atoms with Crippen molar-refractivity contribution in [3.8, 4) is 0 Å². The molecule has 0 aromatic heterocycles. The second-order valence-corrected chi connectivity index (χ2v) is 5.84. The predicted molar refractivity (Wildman–Crippen MR) is 66.5 cm³/mol. The Hall–Kier alpha value is -0.800. The van der Waals surface area contributed by atoms with Crippen LogP contribution in [0.4, 0.5) is 0 Å². The lowest BCUT2D eigenvalue weighted by molar-refractivity contribution is -0.124. The lowest BCUT2D eigenvalue weighted by Crippen LogP contribution is -2.44. The van der Waals surface area contributed by atoms with Gasteiger partial charge in [0.1, 0.15) is 0 Å². The van der Waals surface area contributed by atoms with E-state index in [4.69, 9.17) is 0 Å². The molecular formula is C13H15NOS. The second kappa shape index (κ2) is 4.22. The number of Topliss-reactive ketones (excluding diaryl/α,β-unsaturated/α-hetero) is 1. The zero-order valence-electron chi connectivity index (χ0n) is 9.13. The molecule has 3 heteroatoms. The minimum Gasteiger partial charge on any atom is -0.298 e. The maximum atomic E-state index is 11.7. The van der Waals surface area contributed by atoms with E-state index in [9.17, 15) is 4.79 Å². The molecule has 0 radical (unpaired) electrons. The Morgan fingerprint density at radius 2 is 2.06 bits per heavy atom. The Morgan fingerprint density at radius 3 is 2.81 bits per heavy atom. The van der Waals surface area contributed by atoms with E-state index in [0.29, 0.717) is 11.7 Å². The number of piperidine rings is 1. The van der Waals surface area contributed by atoms with Gasteiger partial charge in [0.15, 0.2) is 5.78 Å². The van der Waals surface area contributed by atoms with Gasteiger partial charge in [-0.2, -0.15) is 0 Å². The fourth-order valence-corrected chi connectivity index (χ4v) is 3.94. The molecule has 0 saturated carbocycles. The summed E-state index contributed by atoms with van der Waals surface area (Å²) in [5, 5.41) is 0.252. The molecule has 84 valence electrons. The number of carbonyl (C=O) groups excluding carboxylic acids is 1. The zero-order valence-corrected chi connectivity index (χ0v) is 9.95. The number of carbonyl (C=O) groups is 1. The number of ketones is 1. The van der Waals surface area contributed by atoms with Gasteiger partial charge in [-0.3, -0.25) is 9.69 Å². The lowest BCUT2D eigenvalue weighted by atomic mass is 9.98. The van der Waals surface area contributed by atoms with Crippen LogP contribution in [0.1, 0.15) is 5.56 Å². The Balaban J connectivity index is 1.68. The third-order valence-corrected chi connectivity index (χ3v) is 4.75. The van der Waals surface area contributed by atoms with Crippen LogP contribution in [0.15, 0.2) is 30.3 Å². The van der Waals surface area contributed by atoms with Crippen molar-refractivity contribution < 1.29 is 4.79 Å². The van der Waals surface area contributed by atoms with Crippen molar-refractivity contribution in [1.29, 1.82) is 0 Å². The molecule has 2 heterocycles. The van der Waals surface area contributed by atoms with Crippen molar-refractivity contribution in [3.63, 3.8) is 0 Å². The van der Waals surface area contributed by atoms with Crippen LogP contribution in [-0.2, 0) is 11.3 Å². The zero-order chi connectivity index (χ0) is 11.0. The first-order valence-electron chi connectivity index (χ1n) is 5.74. The van der Waals surface area contributed by atoms with Crippen LogP contribution in [0.5, 0.6) is 0 Å². The quantitative estimate of drug-likeness (QED) is 0.777. The molecule has 2 nitrogen and oxygen atoms in total. The summed E-state index contributed by atoms with van der Waals surface area (Å²) in [7, 11) is 0. The van der Waals surface area contributed by atoms with Gasteiger partial charge in [-0.05, 0) is 5.56 Å². The van der Waals surface area contributed by atoms with Crippen LogP contribution in [0.2, 0.25) is 0 Å². The molecule has 0 aliphatic carbocycles. The van der Waals surface area contributed by atoms with Crippen molar-refractivity contribution in [2.24, 2.45) is 5.92 Å². The molecule has 0 amide bonds. The minimum absolute atomic E-state index is 0.252. The molecule has 2 aliphatic rings. The van der Waals surface area contributed by atoms with Gasteiger partial charge in [-0.15, -0.1) is 11.8 Å². The molecule has 1 aromatic rings. The highest BCUT2D eigenvalue weighted by Crippen LogP contribution is 2.33. The van der Waals surface area contributed by atoms with Gasteiger partial charge in [0.25, 0.3) is 0 Å². The van der Waals surface area contributed by atoms with Gasteiger partial charge in [0.2, 0.25) is 0 Å². The molecule has 2 fully saturated rings. The van der Waals surface area contributed by atoms with E-state index in [1.807, 2.05) is 17.8 Å². The van der Waals surface area contributed by atoms with Gasteiger partial charge in [-0.1, -0.05) is 30.3 Å². The second-order valence-electron chi connectivity index (χ2n) is 4.60. The van der Waals surface area contributed by atoms with E-state index in [1.165, 1.54) is 5.56 Å². The van der Waals surface area contributed by atoms with Crippen LogP contribution in [0.25, 0.3) is 0 Å². The molecule has 0 spiro atoms. The number of benzene rings is 1. The topological polar surface area (TPSA) is 20.3 Å². The van der Waals surface area contributed by atoms with Crippen LogP contribution in [0, 0.1) is 5.92 Å². The summed E-state index contributed by atoms with van der Waals surface area (Å²) in [4.78, 5) is 14.2. The van der Waals surface area contributed by atoms with E-state index in [-0.39, 0.29) is 5.25 Å². The number of nitrogens with zero attached hydrogens (tertiary/aromatic N) is 1. The summed E-state index contributed by atoms with van der Waals surface area (Å²) in [6, 6.07) is 10.5. The highest BCUT2D eigenvalue weighted by atomic mass is 32.2. The summed E-state index contributed by atoms with van der Waals surface area (Å²) < 4.78 is 0. The number of thioether (sulfide) groups is 1. The number of fused-ring (bicyclic) bond motifs is 2. The first kappa shape index (κ1) is 10.4. The van der Waals surface area contributed by atoms with E-state index in [2.05, 4.69) is 29.2 Å². The van der Waals surface area contributed by atoms with Gasteiger partial charge in [-0.25, -0.2) is 0 Å². The van der Waals surface area contributed by atoms with Gasteiger partial charge >= 0.3 is 0 Å². The first-order valence-corrected chi connectivity index (χ1v) is 6.79. The van der Waals surface area contributed by atoms with E-state index >= 15 is 0 Å². The molecule has 2 aliphatic heterocycles. The average Bonchev–Trinajstić information content (AvgIpc) is 2.54. The highest BCUT2D eigenvalue weighted by molar-refractivity contribution is 8.01. The Morgan fingerprint density at radius 1 is 1.25 bits per heavy atom. The van der Waals surface area contributed by atoms with Gasteiger partial charge in [0, 0.05) is 31.3 Å². The van der Waals surface area contributed by atoms with Crippen molar-refractivity contribution in [2.45, 2.75) is 11.8 Å². The molecule has 2 bridgehead atoms. The van der Waals surface area contributed by atoms with Crippen LogP contribution < -0.4 is 0 Å². The van der Waals surface area contributed by atoms with E-state index in [1.54, 1.807) is 0 Å². The third-order valence-electron chi connectivity index (χ3n) is 3.37. The van der Waals surface area contributed by atoms with Gasteiger partial charge in [0.05, 0.1) is 5.25 Å². The fourth-order valence-electron chi connectivity index (χ4n) is 2.54. The molecule has 3 rings (SSSR count). The maximum absolute atomic E-state index is 11.7. The maximum Gasteiger partial charge on any atom is 0.152 e. The van der Waals surface area contributed by atoms with Gasteiger partial charge < -0.3 is 0 Å². The number of hydrogen-bond acceptors (Lipinski definition) is 3.